The number of nitrogens with two attached hydrogens (primary N) is 1. The van der Waals surface area contributed by atoms with Crippen LogP contribution in [-0.4, -0.2) is 13.0 Å². The molecule has 0 aliphatic rings. The Balaban J connectivity index is 2.14. The Bertz CT molecular complexity index is 675. The first kappa shape index (κ1) is 14.8. The first-order chi connectivity index (χ1) is 10.0. The van der Waals surface area contributed by atoms with Gasteiger partial charge in [-0.2, -0.15) is 0 Å². The van der Waals surface area contributed by atoms with Crippen LogP contribution >= 0.6 is 0 Å². The maximum Gasteiger partial charge on any atom is 0.255 e. The third-order valence-electron chi connectivity index (χ3n) is 2.95. The zero-order valence-corrected chi connectivity index (χ0v) is 11.3. The van der Waals surface area contributed by atoms with Crippen molar-refractivity contribution in [3.8, 4) is 5.75 Å². The molecule has 110 valence electrons. The highest BCUT2D eigenvalue weighted by Gasteiger charge is 2.14. The summed E-state index contributed by atoms with van der Waals surface area (Å²) >= 11 is 0. The van der Waals surface area contributed by atoms with Gasteiger partial charge in [0.05, 0.1) is 18.4 Å². The van der Waals surface area contributed by atoms with Gasteiger partial charge >= 0.3 is 0 Å². The van der Waals surface area contributed by atoms with Crippen LogP contribution < -0.4 is 15.8 Å². The van der Waals surface area contributed by atoms with Gasteiger partial charge in [0.15, 0.2) is 5.75 Å². The van der Waals surface area contributed by atoms with Crippen LogP contribution in [0.3, 0.4) is 0 Å². The molecule has 2 rings (SSSR count). The van der Waals surface area contributed by atoms with E-state index in [1.165, 1.54) is 13.2 Å². The Morgan fingerprint density at radius 2 is 2.05 bits per heavy atom. The number of carbonyl (C=O) groups excluding carboxylic acids is 1. The molecule has 4 nitrogen and oxygen atoms in total. The number of rotatable bonds is 4. The van der Waals surface area contributed by atoms with Gasteiger partial charge in [0, 0.05) is 18.2 Å². The number of ether oxygens (including phenoxy) is 1. The molecule has 0 aromatic heterocycles. The third kappa shape index (κ3) is 3.28. The number of nitrogen functional groups attached to an aromatic ring is 1. The van der Waals surface area contributed by atoms with E-state index in [9.17, 15) is 13.6 Å². The van der Waals surface area contributed by atoms with Gasteiger partial charge in [-0.05, 0) is 18.2 Å². The number of para-hydroxylation sites is 1. The number of methoxy groups -OCH3 is 1. The number of carbonyl (C=O) groups is 1. The number of nitrogens with one attached hydrogen (secondary N) is 1. The van der Waals surface area contributed by atoms with Crippen molar-refractivity contribution in [1.82, 2.24) is 5.32 Å². The summed E-state index contributed by atoms with van der Waals surface area (Å²) in [7, 11) is 1.40. The van der Waals surface area contributed by atoms with Crippen LogP contribution in [0.25, 0.3) is 0 Å². The predicted molar refractivity (Wildman–Crippen MR) is 74.9 cm³/mol. The Kier molecular flexibility index (Phi) is 4.37. The molecule has 0 unspecified atom stereocenters. The largest absolute Gasteiger partial charge is 0.494 e. The van der Waals surface area contributed by atoms with Gasteiger partial charge in [0.2, 0.25) is 0 Å². The van der Waals surface area contributed by atoms with E-state index in [1.54, 1.807) is 18.2 Å². The highest BCUT2D eigenvalue weighted by atomic mass is 19.1. The van der Waals surface area contributed by atoms with Crippen LogP contribution in [0.5, 0.6) is 5.75 Å². The van der Waals surface area contributed by atoms with Crippen molar-refractivity contribution in [2.45, 2.75) is 6.54 Å². The average Bonchev–Trinajstić information content (AvgIpc) is 2.45. The number of amides is 1. The fourth-order valence-electron chi connectivity index (χ4n) is 1.90. The van der Waals surface area contributed by atoms with Crippen molar-refractivity contribution in [3.05, 3.63) is 59.2 Å². The lowest BCUT2D eigenvalue weighted by atomic mass is 10.1. The molecular formula is C15H14F2N2O2. The van der Waals surface area contributed by atoms with Gasteiger partial charge < -0.3 is 15.8 Å². The summed E-state index contributed by atoms with van der Waals surface area (Å²) in [6.07, 6.45) is 0. The van der Waals surface area contributed by atoms with Crippen LogP contribution in [0.15, 0.2) is 36.4 Å². The zero-order valence-electron chi connectivity index (χ0n) is 11.3. The van der Waals surface area contributed by atoms with Gasteiger partial charge in [-0.25, -0.2) is 8.78 Å². The second kappa shape index (κ2) is 6.21. The van der Waals surface area contributed by atoms with Gasteiger partial charge in [-0.15, -0.1) is 0 Å². The van der Waals surface area contributed by atoms with Crippen LogP contribution in [0, 0.1) is 11.6 Å². The molecular weight excluding hydrogens is 278 g/mol. The van der Waals surface area contributed by atoms with Crippen LogP contribution in [0.1, 0.15) is 15.9 Å². The Labute approximate surface area is 120 Å². The molecule has 6 heteroatoms. The molecule has 0 atom stereocenters. The summed E-state index contributed by atoms with van der Waals surface area (Å²) in [4.78, 5) is 12.1. The monoisotopic (exact) mass is 292 g/mol. The summed E-state index contributed by atoms with van der Waals surface area (Å²) < 4.78 is 31.4. The van der Waals surface area contributed by atoms with Gasteiger partial charge in [0.25, 0.3) is 5.91 Å². The second-order valence-electron chi connectivity index (χ2n) is 4.35. The number of hydrogen-bond donors (Lipinski definition) is 2. The van der Waals surface area contributed by atoms with Gasteiger partial charge in [-0.3, -0.25) is 4.79 Å². The summed E-state index contributed by atoms with van der Waals surface area (Å²) in [6, 6.07) is 7.95. The second-order valence-corrected chi connectivity index (χ2v) is 4.35. The van der Waals surface area contributed by atoms with Crippen molar-refractivity contribution in [3.63, 3.8) is 0 Å². The molecule has 0 bridgehead atoms. The van der Waals surface area contributed by atoms with Crippen LogP contribution in [0.4, 0.5) is 14.5 Å². The number of anilines is 1. The molecule has 1 amide bonds. The molecule has 2 aromatic rings. The van der Waals surface area contributed by atoms with E-state index in [1.807, 2.05) is 0 Å². The normalized spacial score (nSPS) is 10.2. The minimum atomic E-state index is -0.713. The van der Waals surface area contributed by atoms with E-state index in [-0.39, 0.29) is 23.4 Å². The molecule has 2 aromatic carbocycles. The van der Waals surface area contributed by atoms with E-state index in [0.29, 0.717) is 5.69 Å². The molecule has 0 radical (unpaired) electrons. The molecule has 0 aliphatic carbocycles. The van der Waals surface area contributed by atoms with E-state index in [4.69, 9.17) is 10.5 Å². The zero-order chi connectivity index (χ0) is 15.4. The molecule has 0 spiro atoms. The summed E-state index contributed by atoms with van der Waals surface area (Å²) in [6.45, 7) is -0.0666. The topological polar surface area (TPSA) is 64.3 Å². The maximum atomic E-state index is 13.5. The summed E-state index contributed by atoms with van der Waals surface area (Å²) in [5.41, 5.74) is 6.48. The Morgan fingerprint density at radius 3 is 2.71 bits per heavy atom. The Hall–Kier alpha value is -2.63. The maximum absolute atomic E-state index is 13.5. The van der Waals surface area contributed by atoms with E-state index in [2.05, 4.69) is 5.32 Å². The van der Waals surface area contributed by atoms with Crippen molar-refractivity contribution in [2.75, 3.05) is 12.8 Å². The molecule has 0 saturated heterocycles. The number of hydrogen-bond acceptors (Lipinski definition) is 3. The molecule has 3 N–H and O–H groups in total. The molecule has 0 heterocycles. The van der Waals surface area contributed by atoms with Crippen LogP contribution in [0.2, 0.25) is 0 Å². The molecule has 0 saturated carbocycles. The van der Waals surface area contributed by atoms with E-state index < -0.39 is 17.5 Å². The fraction of sp³-hybridized carbons (Fsp3) is 0.133. The van der Waals surface area contributed by atoms with E-state index >= 15 is 0 Å². The van der Waals surface area contributed by atoms with Gasteiger partial charge in [0.1, 0.15) is 11.6 Å². The highest BCUT2D eigenvalue weighted by molar-refractivity contribution is 5.98. The smallest absolute Gasteiger partial charge is 0.255 e. The van der Waals surface area contributed by atoms with Crippen molar-refractivity contribution in [1.29, 1.82) is 0 Å². The predicted octanol–water partition coefficient (Wildman–Crippen LogP) is 2.49. The molecule has 21 heavy (non-hydrogen) atoms. The number of halogens is 2. The van der Waals surface area contributed by atoms with Crippen molar-refractivity contribution >= 4 is 11.6 Å². The SMILES string of the molecule is COc1c(N)cccc1C(=O)NCc1ccc(F)cc1F. The minimum Gasteiger partial charge on any atom is -0.494 e. The fourth-order valence-corrected chi connectivity index (χ4v) is 1.90. The first-order valence-electron chi connectivity index (χ1n) is 6.17. The third-order valence-corrected chi connectivity index (χ3v) is 2.95. The first-order valence-corrected chi connectivity index (χ1v) is 6.17. The van der Waals surface area contributed by atoms with Crippen molar-refractivity contribution in [2.24, 2.45) is 0 Å². The Morgan fingerprint density at radius 1 is 1.29 bits per heavy atom. The highest BCUT2D eigenvalue weighted by Crippen LogP contribution is 2.25. The summed E-state index contributed by atoms with van der Waals surface area (Å²) in [5, 5.41) is 2.54. The lowest BCUT2D eigenvalue weighted by Gasteiger charge is -2.11. The lowest BCUT2D eigenvalue weighted by molar-refractivity contribution is 0.0947. The van der Waals surface area contributed by atoms with E-state index in [0.717, 1.165) is 12.1 Å². The average molecular weight is 292 g/mol. The number of benzene rings is 2. The standard InChI is InChI=1S/C15H14F2N2O2/c1-21-14-11(3-2-4-13(14)18)15(20)19-8-9-5-6-10(16)7-12(9)17/h2-7H,8,18H2,1H3,(H,19,20). The van der Waals surface area contributed by atoms with Gasteiger partial charge in [-0.1, -0.05) is 12.1 Å². The summed E-state index contributed by atoms with van der Waals surface area (Å²) in [5.74, 6) is -1.58. The molecule has 0 aliphatic heterocycles. The lowest BCUT2D eigenvalue weighted by Crippen LogP contribution is -2.24. The van der Waals surface area contributed by atoms with Crippen molar-refractivity contribution < 1.29 is 18.3 Å². The van der Waals surface area contributed by atoms with Crippen LogP contribution in [-0.2, 0) is 6.54 Å². The molecule has 0 fully saturated rings. The minimum absolute atomic E-state index is 0.0666. The quantitative estimate of drug-likeness (QED) is 0.851.